The van der Waals surface area contributed by atoms with Gasteiger partial charge in [-0.3, -0.25) is 24.6 Å². The van der Waals surface area contributed by atoms with Crippen LogP contribution in [0.25, 0.3) is 6.08 Å². The maximum Gasteiger partial charge on any atom is 0.339 e. The first-order valence-corrected chi connectivity index (χ1v) is 14.1. The minimum absolute atomic E-state index is 0.0164. The molecule has 1 aliphatic rings. The van der Waals surface area contributed by atoms with E-state index in [0.717, 1.165) is 45.2 Å². The Labute approximate surface area is 232 Å². The Hall–Kier alpha value is -2.75. The van der Waals surface area contributed by atoms with Crippen LogP contribution in [0.5, 0.6) is 5.75 Å². The maximum atomic E-state index is 12.8. The Morgan fingerprint density at radius 3 is 2.33 bits per heavy atom. The SMILES string of the molecule is O=C1S/C(=C\c2ccc(OS(=O)(=O)c3ccc([N+](=O)[O-])cc3)c(Br)c2)C(=O)N1Cc1ccc(I)cc1. The first-order chi connectivity index (χ1) is 17.0. The fourth-order valence-corrected chi connectivity index (χ4v) is 5.87. The molecule has 1 heterocycles. The molecule has 1 fully saturated rings. The van der Waals surface area contributed by atoms with Gasteiger partial charge in [0.05, 0.1) is 20.8 Å². The molecule has 4 rings (SSSR count). The zero-order chi connectivity index (χ0) is 26.0. The smallest absolute Gasteiger partial charge is 0.339 e. The normalized spacial score (nSPS) is 14.9. The molecule has 9 nitrogen and oxygen atoms in total. The molecule has 0 bridgehead atoms. The van der Waals surface area contributed by atoms with Crippen molar-refractivity contribution in [3.63, 3.8) is 0 Å². The lowest BCUT2D eigenvalue weighted by Crippen LogP contribution is -2.27. The van der Waals surface area contributed by atoms with Gasteiger partial charge in [0.25, 0.3) is 16.8 Å². The molecule has 1 aliphatic heterocycles. The van der Waals surface area contributed by atoms with E-state index in [2.05, 4.69) is 38.5 Å². The van der Waals surface area contributed by atoms with Crippen LogP contribution in [0, 0.1) is 13.7 Å². The molecule has 0 radical (unpaired) electrons. The van der Waals surface area contributed by atoms with Crippen LogP contribution in [-0.2, 0) is 21.5 Å². The fourth-order valence-electron chi connectivity index (χ4n) is 3.14. The van der Waals surface area contributed by atoms with Crippen molar-refractivity contribution in [1.29, 1.82) is 0 Å². The zero-order valence-corrected chi connectivity index (χ0v) is 23.3. The lowest BCUT2D eigenvalue weighted by molar-refractivity contribution is -0.384. The minimum atomic E-state index is -4.25. The van der Waals surface area contributed by atoms with Crippen LogP contribution in [0.2, 0.25) is 0 Å². The summed E-state index contributed by atoms with van der Waals surface area (Å²) < 4.78 is 31.6. The van der Waals surface area contributed by atoms with Crippen molar-refractivity contribution in [1.82, 2.24) is 4.90 Å². The molecule has 2 amide bonds. The van der Waals surface area contributed by atoms with Gasteiger partial charge in [-0.05, 0) is 104 Å². The largest absolute Gasteiger partial charge is 0.378 e. The van der Waals surface area contributed by atoms with Crippen molar-refractivity contribution < 1.29 is 27.1 Å². The van der Waals surface area contributed by atoms with Crippen LogP contribution >= 0.6 is 50.3 Å². The van der Waals surface area contributed by atoms with Gasteiger partial charge in [0.15, 0.2) is 5.75 Å². The molecule has 0 atom stereocenters. The van der Waals surface area contributed by atoms with Gasteiger partial charge in [0.2, 0.25) is 0 Å². The molecule has 13 heteroatoms. The van der Waals surface area contributed by atoms with E-state index in [9.17, 15) is 28.1 Å². The Morgan fingerprint density at radius 2 is 1.72 bits per heavy atom. The Morgan fingerprint density at radius 1 is 1.06 bits per heavy atom. The number of carbonyl (C=O) groups excluding carboxylic acids is 2. The summed E-state index contributed by atoms with van der Waals surface area (Å²) in [5.74, 6) is -0.432. The van der Waals surface area contributed by atoms with E-state index in [0.29, 0.717) is 10.0 Å². The van der Waals surface area contributed by atoms with Crippen molar-refractivity contribution in [2.24, 2.45) is 0 Å². The molecule has 36 heavy (non-hydrogen) atoms. The molecule has 0 unspecified atom stereocenters. The Kier molecular flexibility index (Phi) is 7.82. The summed E-state index contributed by atoms with van der Waals surface area (Å²) in [6.45, 7) is 0.163. The molecule has 0 spiro atoms. The van der Waals surface area contributed by atoms with Gasteiger partial charge >= 0.3 is 10.1 Å². The number of amides is 2. The summed E-state index contributed by atoms with van der Waals surface area (Å²) >= 11 is 6.26. The van der Waals surface area contributed by atoms with Crippen LogP contribution in [0.4, 0.5) is 10.5 Å². The number of non-ortho nitro benzene ring substituents is 1. The summed E-state index contributed by atoms with van der Waals surface area (Å²) in [5, 5.41) is 10.4. The van der Waals surface area contributed by atoms with Crippen LogP contribution in [0.1, 0.15) is 11.1 Å². The average molecular weight is 701 g/mol. The average Bonchev–Trinajstić information content (AvgIpc) is 3.09. The molecular formula is C23H14BrIN2O7S2. The first-order valence-electron chi connectivity index (χ1n) is 10.0. The summed E-state index contributed by atoms with van der Waals surface area (Å²) in [4.78, 5) is 36.5. The van der Waals surface area contributed by atoms with Gasteiger partial charge in [-0.2, -0.15) is 8.42 Å². The highest BCUT2D eigenvalue weighted by atomic mass is 127. The van der Waals surface area contributed by atoms with E-state index in [1.165, 1.54) is 17.0 Å². The van der Waals surface area contributed by atoms with Gasteiger partial charge in [0.1, 0.15) is 4.90 Å². The van der Waals surface area contributed by atoms with E-state index in [1.54, 1.807) is 12.1 Å². The number of hydrogen-bond acceptors (Lipinski definition) is 8. The fraction of sp³-hybridized carbons (Fsp3) is 0.0435. The van der Waals surface area contributed by atoms with Gasteiger partial charge < -0.3 is 4.18 Å². The van der Waals surface area contributed by atoms with Crippen LogP contribution in [0.15, 0.2) is 81.0 Å². The van der Waals surface area contributed by atoms with Crippen LogP contribution < -0.4 is 4.18 Å². The third-order valence-corrected chi connectivity index (χ3v) is 8.41. The lowest BCUT2D eigenvalue weighted by atomic mass is 10.2. The molecule has 0 aromatic heterocycles. The maximum absolute atomic E-state index is 12.8. The third-order valence-electron chi connectivity index (χ3n) is 4.92. The summed E-state index contributed by atoms with van der Waals surface area (Å²) in [7, 11) is -4.25. The number of rotatable bonds is 7. The van der Waals surface area contributed by atoms with Gasteiger partial charge in [0, 0.05) is 15.7 Å². The molecule has 0 N–H and O–H groups in total. The van der Waals surface area contributed by atoms with E-state index in [-0.39, 0.29) is 33.0 Å². The van der Waals surface area contributed by atoms with Gasteiger partial charge in [-0.25, -0.2) is 0 Å². The molecule has 3 aromatic carbocycles. The van der Waals surface area contributed by atoms with E-state index >= 15 is 0 Å². The second kappa shape index (κ2) is 10.7. The Bertz CT molecular complexity index is 1510. The number of imide groups is 1. The Balaban J connectivity index is 1.50. The topological polar surface area (TPSA) is 124 Å². The molecule has 0 aliphatic carbocycles. The minimum Gasteiger partial charge on any atom is -0.378 e. The number of hydrogen-bond donors (Lipinski definition) is 0. The van der Waals surface area contributed by atoms with Gasteiger partial charge in [-0.15, -0.1) is 0 Å². The van der Waals surface area contributed by atoms with Crippen molar-refractivity contribution in [2.45, 2.75) is 11.4 Å². The molecular weight excluding hydrogens is 687 g/mol. The second-order valence-electron chi connectivity index (χ2n) is 7.37. The van der Waals surface area contributed by atoms with Crippen molar-refractivity contribution in [3.8, 4) is 5.75 Å². The third kappa shape index (κ3) is 5.96. The highest BCUT2D eigenvalue weighted by Crippen LogP contribution is 2.35. The predicted molar refractivity (Wildman–Crippen MR) is 146 cm³/mol. The quantitative estimate of drug-likeness (QED) is 0.0972. The summed E-state index contributed by atoms with van der Waals surface area (Å²) in [5.41, 5.74) is 1.13. The van der Waals surface area contributed by atoms with Crippen molar-refractivity contribution in [3.05, 3.63) is 101 Å². The molecule has 1 saturated heterocycles. The number of thioether (sulfide) groups is 1. The van der Waals surface area contributed by atoms with Crippen molar-refractivity contribution >= 4 is 83.3 Å². The highest BCUT2D eigenvalue weighted by Gasteiger charge is 2.35. The summed E-state index contributed by atoms with van der Waals surface area (Å²) in [6, 6.07) is 16.3. The molecule has 184 valence electrons. The van der Waals surface area contributed by atoms with E-state index in [1.807, 2.05) is 24.3 Å². The number of nitro benzene ring substituents is 1. The summed E-state index contributed by atoms with van der Waals surface area (Å²) in [6.07, 6.45) is 1.54. The van der Waals surface area contributed by atoms with Crippen LogP contribution in [-0.4, -0.2) is 29.4 Å². The zero-order valence-electron chi connectivity index (χ0n) is 18.0. The number of benzene rings is 3. The standard InChI is InChI=1S/C23H14BrIN2O7S2/c24-19-11-15(3-10-20(19)34-36(32,33)18-8-6-17(7-9-18)27(30)31)12-21-22(28)26(23(29)35-21)13-14-1-4-16(25)5-2-14/h1-12H,13H2/b21-12-. The molecule has 0 saturated carbocycles. The molecule has 3 aromatic rings. The van der Waals surface area contributed by atoms with Gasteiger partial charge in [-0.1, -0.05) is 18.2 Å². The highest BCUT2D eigenvalue weighted by molar-refractivity contribution is 14.1. The number of nitro groups is 1. The van der Waals surface area contributed by atoms with E-state index in [4.69, 9.17) is 4.18 Å². The number of nitrogens with zero attached hydrogens (tertiary/aromatic N) is 2. The van der Waals surface area contributed by atoms with E-state index < -0.39 is 20.9 Å². The first kappa shape index (κ1) is 26.3. The second-order valence-corrected chi connectivity index (χ2v) is 12.0. The predicted octanol–water partition coefficient (Wildman–Crippen LogP) is 5.97. The lowest BCUT2D eigenvalue weighted by Gasteiger charge is -2.12. The van der Waals surface area contributed by atoms with Crippen LogP contribution in [0.3, 0.4) is 0 Å². The number of carbonyl (C=O) groups is 2. The van der Waals surface area contributed by atoms with Crippen molar-refractivity contribution in [2.75, 3.05) is 0 Å². The number of halogens is 2. The monoisotopic (exact) mass is 700 g/mol.